The van der Waals surface area contributed by atoms with Crippen LogP contribution < -0.4 is 10.1 Å². The van der Waals surface area contributed by atoms with Crippen LogP contribution >= 0.6 is 23.2 Å². The molecule has 160 valence electrons. The Bertz CT molecular complexity index is 970. The van der Waals surface area contributed by atoms with Crippen LogP contribution in [-0.2, 0) is 17.4 Å². The predicted molar refractivity (Wildman–Crippen MR) is 109 cm³/mol. The van der Waals surface area contributed by atoms with Crippen molar-refractivity contribution in [1.29, 1.82) is 0 Å². The molecule has 1 aromatic heterocycles. The van der Waals surface area contributed by atoms with Crippen LogP contribution in [0.2, 0.25) is 5.02 Å². The molecular formula is C20H18Cl2F3N3O2. The molecule has 1 heterocycles. The summed E-state index contributed by atoms with van der Waals surface area (Å²) in [6.07, 6.45) is 1.32. The highest BCUT2D eigenvalue weighted by Gasteiger charge is 2.36. The topological polar surface area (TPSA) is 56.1 Å². The maximum Gasteiger partial charge on any atom is 0.435 e. The second-order valence-corrected chi connectivity index (χ2v) is 7.41. The van der Waals surface area contributed by atoms with Crippen LogP contribution in [0.3, 0.4) is 0 Å². The van der Waals surface area contributed by atoms with Crippen LogP contribution in [-0.4, -0.2) is 34.2 Å². The van der Waals surface area contributed by atoms with Gasteiger partial charge in [-0.1, -0.05) is 42.0 Å². The Kier molecular flexibility index (Phi) is 7.10. The van der Waals surface area contributed by atoms with Gasteiger partial charge in [0.1, 0.15) is 0 Å². The van der Waals surface area contributed by atoms with Gasteiger partial charge in [0.2, 0.25) is 5.88 Å². The lowest BCUT2D eigenvalue weighted by Gasteiger charge is -2.17. The summed E-state index contributed by atoms with van der Waals surface area (Å²) in [5.41, 5.74) is 0.0819. The van der Waals surface area contributed by atoms with Crippen molar-refractivity contribution < 1.29 is 22.7 Å². The van der Waals surface area contributed by atoms with E-state index in [1.807, 2.05) is 12.1 Å². The van der Waals surface area contributed by atoms with Crippen molar-refractivity contribution in [2.24, 2.45) is 0 Å². The average Bonchev–Trinajstić information content (AvgIpc) is 3.13. The van der Waals surface area contributed by atoms with E-state index in [0.717, 1.165) is 16.3 Å². The summed E-state index contributed by atoms with van der Waals surface area (Å²) >= 11 is 12.3. The Labute approximate surface area is 181 Å². The molecule has 1 amide bonds. The maximum atomic E-state index is 13.1. The quantitative estimate of drug-likeness (QED) is 0.610. The number of nitrogens with zero attached hydrogens (tertiary/aromatic N) is 2. The van der Waals surface area contributed by atoms with Crippen molar-refractivity contribution in [3.05, 3.63) is 64.8 Å². The third-order valence-corrected chi connectivity index (χ3v) is 5.07. The summed E-state index contributed by atoms with van der Waals surface area (Å²) in [7, 11) is 0. The summed E-state index contributed by atoms with van der Waals surface area (Å²) in [6, 6.07) is 7.99. The highest BCUT2D eigenvalue weighted by Crippen LogP contribution is 2.34. The van der Waals surface area contributed by atoms with Gasteiger partial charge in [0.15, 0.2) is 12.3 Å². The van der Waals surface area contributed by atoms with E-state index in [2.05, 4.69) is 10.4 Å². The van der Waals surface area contributed by atoms with E-state index in [0.29, 0.717) is 30.1 Å². The number of nitrogens with one attached hydrogen (secondary N) is 1. The van der Waals surface area contributed by atoms with Gasteiger partial charge in [-0.25, -0.2) is 4.68 Å². The van der Waals surface area contributed by atoms with Gasteiger partial charge in [-0.2, -0.15) is 18.3 Å². The number of rotatable bonds is 7. The van der Waals surface area contributed by atoms with Crippen LogP contribution in [0, 0.1) is 0 Å². The number of halogens is 5. The highest BCUT2D eigenvalue weighted by molar-refractivity contribution is 6.31. The number of hydrogen-bond acceptors (Lipinski definition) is 3. The van der Waals surface area contributed by atoms with Crippen molar-refractivity contribution in [3.8, 4) is 5.88 Å². The number of hydrogen-bond donors (Lipinski definition) is 1. The van der Waals surface area contributed by atoms with Gasteiger partial charge in [-0.05, 0) is 30.5 Å². The molecule has 1 aliphatic rings. The minimum atomic E-state index is -4.66. The first-order valence-corrected chi connectivity index (χ1v) is 9.88. The second-order valence-electron chi connectivity index (χ2n) is 6.48. The van der Waals surface area contributed by atoms with E-state index in [1.165, 1.54) is 0 Å². The first-order chi connectivity index (χ1) is 14.3. The molecule has 0 saturated carbocycles. The molecule has 1 aliphatic carbocycles. The zero-order valence-corrected chi connectivity index (χ0v) is 17.1. The summed E-state index contributed by atoms with van der Waals surface area (Å²) < 4.78 is 45.7. The molecular weight excluding hydrogens is 442 g/mol. The van der Waals surface area contributed by atoms with Crippen LogP contribution in [0.5, 0.6) is 5.88 Å². The normalized spacial score (nSPS) is 16.3. The molecule has 0 fully saturated rings. The van der Waals surface area contributed by atoms with E-state index >= 15 is 0 Å². The SMILES string of the molecule is O=C(COc1cc(C(F)(F)F)nn1C1=CC=CCC1Cl)NCCc1ccccc1Cl. The minimum absolute atomic E-state index is 0.212. The lowest BCUT2D eigenvalue weighted by molar-refractivity contribution is -0.141. The predicted octanol–water partition coefficient (Wildman–Crippen LogP) is 4.70. The van der Waals surface area contributed by atoms with Gasteiger partial charge in [0.25, 0.3) is 5.91 Å². The molecule has 5 nitrogen and oxygen atoms in total. The Morgan fingerprint density at radius 2 is 2.10 bits per heavy atom. The van der Waals surface area contributed by atoms with Crippen molar-refractivity contribution >= 4 is 34.8 Å². The van der Waals surface area contributed by atoms with Crippen LogP contribution in [0.1, 0.15) is 17.7 Å². The standard InChI is InChI=1S/C20H18Cl2F3N3O2/c21-14-6-2-1-5-13(14)9-10-26-18(29)12-30-19-11-17(20(23,24)25)27-28(19)16-8-4-3-7-15(16)22/h1-6,8,11,15H,7,9-10,12H2,(H,26,29). The molecule has 0 aliphatic heterocycles. The number of allylic oxidation sites excluding steroid dienone is 4. The molecule has 1 N–H and O–H groups in total. The van der Waals surface area contributed by atoms with Crippen molar-refractivity contribution in [2.75, 3.05) is 13.2 Å². The fraction of sp³-hybridized carbons (Fsp3) is 0.300. The van der Waals surface area contributed by atoms with E-state index < -0.39 is 29.8 Å². The molecule has 10 heteroatoms. The Morgan fingerprint density at radius 1 is 1.33 bits per heavy atom. The molecule has 30 heavy (non-hydrogen) atoms. The lowest BCUT2D eigenvalue weighted by atomic mass is 10.1. The third kappa shape index (κ3) is 5.58. The number of aromatic nitrogens is 2. The monoisotopic (exact) mass is 459 g/mol. The Hall–Kier alpha value is -2.45. The zero-order chi connectivity index (χ0) is 21.7. The van der Waals surface area contributed by atoms with Crippen LogP contribution in [0.25, 0.3) is 5.70 Å². The van der Waals surface area contributed by atoms with Crippen molar-refractivity contribution in [2.45, 2.75) is 24.4 Å². The number of alkyl halides is 4. The fourth-order valence-electron chi connectivity index (χ4n) is 2.81. The third-order valence-electron chi connectivity index (χ3n) is 4.30. The van der Waals surface area contributed by atoms with Gasteiger partial charge in [-0.15, -0.1) is 11.6 Å². The van der Waals surface area contributed by atoms with Gasteiger partial charge in [-0.3, -0.25) is 4.79 Å². The molecule has 0 radical (unpaired) electrons. The molecule has 1 aromatic carbocycles. The van der Waals surface area contributed by atoms with E-state index in [4.69, 9.17) is 27.9 Å². The lowest BCUT2D eigenvalue weighted by Crippen LogP contribution is -2.31. The van der Waals surface area contributed by atoms with E-state index in [9.17, 15) is 18.0 Å². The first kappa shape index (κ1) is 22.2. The molecule has 3 rings (SSSR count). The maximum absolute atomic E-state index is 13.1. The molecule has 1 unspecified atom stereocenters. The van der Waals surface area contributed by atoms with E-state index in [1.54, 1.807) is 30.4 Å². The van der Waals surface area contributed by atoms with Crippen molar-refractivity contribution in [1.82, 2.24) is 15.1 Å². The molecule has 0 bridgehead atoms. The molecule has 0 saturated heterocycles. The number of carbonyl (C=O) groups is 1. The number of carbonyl (C=O) groups excluding carboxylic acids is 1. The van der Waals surface area contributed by atoms with Crippen LogP contribution in [0.4, 0.5) is 13.2 Å². The number of benzene rings is 1. The number of amides is 1. The molecule has 1 atom stereocenters. The summed E-state index contributed by atoms with van der Waals surface area (Å²) in [5, 5.41) is 6.25. The highest BCUT2D eigenvalue weighted by atomic mass is 35.5. The fourth-order valence-corrected chi connectivity index (χ4v) is 3.31. The Morgan fingerprint density at radius 3 is 2.80 bits per heavy atom. The van der Waals surface area contributed by atoms with E-state index in [-0.39, 0.29) is 5.88 Å². The first-order valence-electron chi connectivity index (χ1n) is 9.07. The number of ether oxygens (including phenoxy) is 1. The molecule has 0 spiro atoms. The summed E-state index contributed by atoms with van der Waals surface area (Å²) in [6.45, 7) is -0.166. The van der Waals surface area contributed by atoms with Gasteiger partial charge in [0, 0.05) is 17.6 Å². The van der Waals surface area contributed by atoms with Crippen molar-refractivity contribution in [3.63, 3.8) is 0 Å². The van der Waals surface area contributed by atoms with Gasteiger partial charge < -0.3 is 10.1 Å². The largest absolute Gasteiger partial charge is 0.467 e. The van der Waals surface area contributed by atoms with Crippen LogP contribution in [0.15, 0.2) is 48.6 Å². The Balaban J connectivity index is 1.64. The average molecular weight is 460 g/mol. The smallest absolute Gasteiger partial charge is 0.435 e. The summed E-state index contributed by atoms with van der Waals surface area (Å²) in [4.78, 5) is 12.1. The van der Waals surface area contributed by atoms with Gasteiger partial charge in [0.05, 0.1) is 11.1 Å². The zero-order valence-electron chi connectivity index (χ0n) is 15.6. The van der Waals surface area contributed by atoms with Gasteiger partial charge >= 0.3 is 6.18 Å². The summed E-state index contributed by atoms with van der Waals surface area (Å²) in [5.74, 6) is -0.695. The minimum Gasteiger partial charge on any atom is -0.467 e. The second kappa shape index (κ2) is 9.57. The molecule has 2 aromatic rings.